The molecule has 0 bridgehead atoms. The number of amides is 4. The van der Waals surface area contributed by atoms with E-state index in [1.165, 1.54) is 38.5 Å². The zero-order valence-corrected chi connectivity index (χ0v) is 34.7. The van der Waals surface area contributed by atoms with Gasteiger partial charge in [-0.1, -0.05) is 33.6 Å². The Balaban J connectivity index is 0.793. The lowest BCUT2D eigenvalue weighted by atomic mass is 9.44. The third-order valence-corrected chi connectivity index (χ3v) is 17.1. The largest absolute Gasteiger partial charge is 0.481 e. The number of carbonyl (C=O) groups is 5. The van der Waals surface area contributed by atoms with Crippen molar-refractivity contribution < 1.29 is 33.8 Å². The fourth-order valence-electron chi connectivity index (χ4n) is 12.7. The maximum Gasteiger partial charge on any atom is 0.315 e. The predicted molar refractivity (Wildman–Crippen MR) is 214 cm³/mol. The normalized spacial score (nSPS) is 36.6. The number of hydrogen-bond donors (Lipinski definition) is 5. The highest BCUT2D eigenvalue weighted by atomic mass is 32.2. The SMILES string of the molecule is C[C@H](CCC(=O)O)[C@H]1CCC2C3CCC4C[C@@H](OC(=O)CCNC(=O)CCCCCNC(=O)CCCCC5SCC6NC(=O)NC65)CC[C@]4(C)C3CC[C@@]21C. The van der Waals surface area contributed by atoms with Crippen molar-refractivity contribution in [1.82, 2.24) is 21.3 Å². The average molecular weight is 787 g/mol. The fraction of sp³-hybridized carbons (Fsp3) is 0.884. The Bertz CT molecular complexity index is 1380. The second-order valence-corrected chi connectivity index (χ2v) is 20.1. The van der Waals surface area contributed by atoms with E-state index in [0.717, 1.165) is 87.7 Å². The number of urea groups is 1. The molecule has 4 amide bonds. The molecule has 2 heterocycles. The van der Waals surface area contributed by atoms with Gasteiger partial charge in [-0.3, -0.25) is 19.2 Å². The number of esters is 1. The van der Waals surface area contributed by atoms with Gasteiger partial charge >= 0.3 is 18.0 Å². The van der Waals surface area contributed by atoms with Crippen LogP contribution in [0.4, 0.5) is 4.79 Å². The highest BCUT2D eigenvalue weighted by Gasteiger charge is 2.60. The van der Waals surface area contributed by atoms with Crippen molar-refractivity contribution in [3.63, 3.8) is 0 Å². The van der Waals surface area contributed by atoms with E-state index in [1.807, 2.05) is 11.8 Å². The van der Waals surface area contributed by atoms with Crippen molar-refractivity contribution in [2.24, 2.45) is 46.3 Å². The van der Waals surface area contributed by atoms with Crippen LogP contribution in [0.1, 0.15) is 149 Å². The van der Waals surface area contributed by atoms with E-state index in [2.05, 4.69) is 42.0 Å². The van der Waals surface area contributed by atoms with Gasteiger partial charge in [0.15, 0.2) is 0 Å². The molecule has 4 aliphatic carbocycles. The maximum absolute atomic E-state index is 12.8. The number of aliphatic carboxylic acids is 1. The number of nitrogens with one attached hydrogen (secondary N) is 4. The highest BCUT2D eigenvalue weighted by molar-refractivity contribution is 8.00. The van der Waals surface area contributed by atoms with E-state index in [9.17, 15) is 29.1 Å². The molecule has 2 aliphatic heterocycles. The van der Waals surface area contributed by atoms with Crippen LogP contribution in [0.5, 0.6) is 0 Å². The molecule has 6 rings (SSSR count). The second-order valence-electron chi connectivity index (χ2n) is 18.8. The summed E-state index contributed by atoms with van der Waals surface area (Å²) in [6.07, 6.45) is 18.0. The summed E-state index contributed by atoms with van der Waals surface area (Å²) < 4.78 is 6.00. The molecule has 12 heteroatoms. The Morgan fingerprint density at radius 2 is 1.56 bits per heavy atom. The predicted octanol–water partition coefficient (Wildman–Crippen LogP) is 6.97. The Morgan fingerprint density at radius 3 is 2.35 bits per heavy atom. The van der Waals surface area contributed by atoms with Crippen molar-refractivity contribution in [2.75, 3.05) is 18.8 Å². The smallest absolute Gasteiger partial charge is 0.315 e. The van der Waals surface area contributed by atoms with E-state index in [4.69, 9.17) is 4.74 Å². The topological polar surface area (TPSA) is 163 Å². The summed E-state index contributed by atoms with van der Waals surface area (Å²) in [5.74, 6) is 4.01. The first-order valence-corrected chi connectivity index (χ1v) is 23.1. The summed E-state index contributed by atoms with van der Waals surface area (Å²) in [7, 11) is 0. The molecule has 0 spiro atoms. The summed E-state index contributed by atoms with van der Waals surface area (Å²) in [6, 6.07) is 0.391. The van der Waals surface area contributed by atoms with Crippen LogP contribution in [0, 0.1) is 46.3 Å². The molecule has 0 radical (unpaired) electrons. The zero-order valence-electron chi connectivity index (χ0n) is 33.8. The Kier molecular flexibility index (Phi) is 14.4. The monoisotopic (exact) mass is 786 g/mol. The number of carboxylic acids is 1. The van der Waals surface area contributed by atoms with Gasteiger partial charge in [0.1, 0.15) is 6.10 Å². The molecule has 12 atom stereocenters. The van der Waals surface area contributed by atoms with Crippen LogP contribution in [0.3, 0.4) is 0 Å². The molecule has 4 saturated carbocycles. The van der Waals surface area contributed by atoms with Gasteiger partial charge in [0.2, 0.25) is 11.8 Å². The molecule has 0 aromatic heterocycles. The highest BCUT2D eigenvalue weighted by Crippen LogP contribution is 2.68. The van der Waals surface area contributed by atoms with E-state index < -0.39 is 5.97 Å². The van der Waals surface area contributed by atoms with E-state index in [0.29, 0.717) is 59.8 Å². The zero-order chi connectivity index (χ0) is 39.2. The molecular weight excluding hydrogens is 717 g/mol. The quantitative estimate of drug-likeness (QED) is 0.0533. The summed E-state index contributed by atoms with van der Waals surface area (Å²) >= 11 is 1.90. The van der Waals surface area contributed by atoms with Crippen molar-refractivity contribution in [1.29, 1.82) is 0 Å². The van der Waals surface area contributed by atoms with Crippen LogP contribution < -0.4 is 21.3 Å². The molecule has 11 nitrogen and oxygen atoms in total. The summed E-state index contributed by atoms with van der Waals surface area (Å²) in [4.78, 5) is 60.2. The number of ether oxygens (including phenoxy) is 1. The molecular formula is C43H70N4O7S. The first kappa shape index (κ1) is 42.1. The molecule has 5 N–H and O–H groups in total. The van der Waals surface area contributed by atoms with Crippen LogP contribution in [0.2, 0.25) is 0 Å². The Labute approximate surface area is 333 Å². The van der Waals surface area contributed by atoms with E-state index in [1.54, 1.807) is 0 Å². The lowest BCUT2D eigenvalue weighted by molar-refractivity contribution is -0.162. The van der Waals surface area contributed by atoms with Crippen molar-refractivity contribution in [2.45, 2.75) is 173 Å². The maximum atomic E-state index is 12.8. The van der Waals surface area contributed by atoms with Crippen LogP contribution >= 0.6 is 11.8 Å². The van der Waals surface area contributed by atoms with Gasteiger partial charge < -0.3 is 31.1 Å². The summed E-state index contributed by atoms with van der Waals surface area (Å²) in [5, 5.41) is 21.6. The number of carboxylic acid groups (broad SMARTS) is 1. The van der Waals surface area contributed by atoms with Gasteiger partial charge in [-0.05, 0) is 136 Å². The van der Waals surface area contributed by atoms with Gasteiger partial charge in [0.05, 0.1) is 18.5 Å². The number of thioether (sulfide) groups is 1. The fourth-order valence-corrected chi connectivity index (χ4v) is 14.2. The molecule has 7 unspecified atom stereocenters. The number of rotatable bonds is 19. The van der Waals surface area contributed by atoms with Gasteiger partial charge in [-0.25, -0.2) is 4.79 Å². The molecule has 310 valence electrons. The van der Waals surface area contributed by atoms with Gasteiger partial charge in [-0.15, -0.1) is 0 Å². The Hall–Kier alpha value is -2.50. The van der Waals surface area contributed by atoms with Crippen LogP contribution in [0.25, 0.3) is 0 Å². The summed E-state index contributed by atoms with van der Waals surface area (Å²) in [6.45, 7) is 8.28. The van der Waals surface area contributed by atoms with Crippen LogP contribution in [-0.2, 0) is 23.9 Å². The number of fused-ring (bicyclic) bond motifs is 6. The molecule has 55 heavy (non-hydrogen) atoms. The molecule has 0 aromatic carbocycles. The standard InChI is InChI=1S/C43H70N4O7S/c1-27(12-17-38(50)51)31-15-16-32-30-14-13-28-25-29(18-21-42(28,2)33(30)19-22-43(31,32)3)54-39(52)20-24-45-37(49)10-5-4-8-23-44-36(48)11-7-6-9-35-40-34(26-55-35)46-41(53)47-40/h27-35,40H,4-26H2,1-3H3,(H,44,48)(H,45,49)(H,50,51)(H2,46,47,53)/t27-,28?,29+,30?,31-,32?,33?,34?,35?,40?,42+,43-/m1/s1. The van der Waals surface area contributed by atoms with E-state index in [-0.39, 0.29) is 54.8 Å². The third kappa shape index (κ3) is 10.2. The number of carbonyl (C=O) groups excluding carboxylic acids is 4. The molecule has 2 saturated heterocycles. The van der Waals surface area contributed by atoms with Crippen molar-refractivity contribution >= 4 is 41.5 Å². The molecule has 6 aliphatic rings. The summed E-state index contributed by atoms with van der Waals surface area (Å²) in [5.41, 5.74) is 0.634. The van der Waals surface area contributed by atoms with Crippen LogP contribution in [-0.4, -0.2) is 77.2 Å². The van der Waals surface area contributed by atoms with Crippen molar-refractivity contribution in [3.05, 3.63) is 0 Å². The lowest BCUT2D eigenvalue weighted by Gasteiger charge is -2.61. The van der Waals surface area contributed by atoms with Crippen molar-refractivity contribution in [3.8, 4) is 0 Å². The van der Waals surface area contributed by atoms with E-state index >= 15 is 0 Å². The molecule has 6 fully saturated rings. The van der Waals surface area contributed by atoms with Gasteiger partial charge in [-0.2, -0.15) is 11.8 Å². The average Bonchev–Trinajstić information content (AvgIpc) is 3.82. The Morgan fingerprint density at radius 1 is 0.836 bits per heavy atom. The molecule has 0 aromatic rings. The lowest BCUT2D eigenvalue weighted by Crippen LogP contribution is -2.54. The third-order valence-electron chi connectivity index (χ3n) is 15.6. The first-order valence-electron chi connectivity index (χ1n) is 22.0. The number of hydrogen-bond acceptors (Lipinski definition) is 7. The minimum absolute atomic E-state index is 0.0303. The second kappa shape index (κ2) is 18.8. The van der Waals surface area contributed by atoms with Crippen LogP contribution in [0.15, 0.2) is 0 Å². The minimum Gasteiger partial charge on any atom is -0.481 e. The number of unbranched alkanes of at least 4 members (excludes halogenated alkanes) is 3. The van der Waals surface area contributed by atoms with Gasteiger partial charge in [0.25, 0.3) is 0 Å². The first-order chi connectivity index (χ1) is 26.4. The minimum atomic E-state index is -0.676. The van der Waals surface area contributed by atoms with Gasteiger partial charge in [0, 0.05) is 43.4 Å².